The van der Waals surface area contributed by atoms with Gasteiger partial charge in [0.05, 0.1) is 5.02 Å². The number of nitrogens with one attached hydrogen (secondary N) is 2. The number of aromatic nitrogens is 1. The van der Waals surface area contributed by atoms with Crippen LogP contribution < -0.4 is 21.1 Å². The number of nitrogens with two attached hydrogens (primary N) is 1. The lowest BCUT2D eigenvalue weighted by molar-refractivity contribution is 0.221. The highest BCUT2D eigenvalue weighted by Crippen LogP contribution is 2.35. The molecule has 0 radical (unpaired) electrons. The van der Waals surface area contributed by atoms with E-state index < -0.39 is 17.7 Å². The number of anilines is 2. The van der Waals surface area contributed by atoms with Gasteiger partial charge in [-0.05, 0) is 68.8 Å². The van der Waals surface area contributed by atoms with Crippen LogP contribution in [0.2, 0.25) is 5.02 Å². The van der Waals surface area contributed by atoms with Crippen LogP contribution in [-0.2, 0) is 0 Å². The van der Waals surface area contributed by atoms with Gasteiger partial charge in [-0.25, -0.2) is 18.6 Å². The number of nitrogen functional groups attached to an aromatic ring is 1. The molecule has 2 aromatic carbocycles. The Hall–Kier alpha value is -3.43. The predicted octanol–water partition coefficient (Wildman–Crippen LogP) is 5.62. The Kier molecular flexibility index (Phi) is 8.22. The lowest BCUT2D eigenvalue weighted by atomic mass is 10.1. The Morgan fingerprint density at radius 3 is 2.56 bits per heavy atom. The maximum Gasteiger partial charge on any atom is 0.319 e. The number of carbonyl (C=O) groups excluding carboxylic acids is 1. The summed E-state index contributed by atoms with van der Waals surface area (Å²) in [6, 6.07) is 10.6. The summed E-state index contributed by atoms with van der Waals surface area (Å²) in [5.41, 5.74) is 8.00. The Labute approximate surface area is 213 Å². The largest absolute Gasteiger partial charge is 0.482 e. The number of carbonyl (C=O) groups is 1. The molecule has 4 rings (SSSR count). The molecule has 7 nitrogen and oxygen atoms in total. The number of benzene rings is 2. The van der Waals surface area contributed by atoms with Crippen LogP contribution in [0.15, 0.2) is 48.7 Å². The molecule has 0 spiro atoms. The van der Waals surface area contributed by atoms with E-state index in [0.29, 0.717) is 17.8 Å². The summed E-state index contributed by atoms with van der Waals surface area (Å²) in [4.78, 5) is 18.7. The number of urea groups is 1. The van der Waals surface area contributed by atoms with E-state index in [1.54, 1.807) is 31.3 Å². The van der Waals surface area contributed by atoms with Gasteiger partial charge in [0.2, 0.25) is 0 Å². The van der Waals surface area contributed by atoms with Crippen molar-refractivity contribution in [3.8, 4) is 16.9 Å². The highest BCUT2D eigenvalue weighted by Gasteiger charge is 2.21. The summed E-state index contributed by atoms with van der Waals surface area (Å²) in [6.07, 6.45) is 3.10. The molecule has 10 heteroatoms. The van der Waals surface area contributed by atoms with E-state index in [2.05, 4.69) is 20.5 Å². The Morgan fingerprint density at radius 2 is 1.83 bits per heavy atom. The second kappa shape index (κ2) is 11.5. The van der Waals surface area contributed by atoms with Gasteiger partial charge in [-0.1, -0.05) is 23.7 Å². The van der Waals surface area contributed by atoms with Crippen molar-refractivity contribution >= 4 is 29.1 Å². The third-order valence-corrected chi connectivity index (χ3v) is 6.44. The molecule has 2 amide bonds. The second-order valence-corrected chi connectivity index (χ2v) is 9.01. The number of halogens is 3. The summed E-state index contributed by atoms with van der Waals surface area (Å²) in [5, 5.41) is 5.35. The van der Waals surface area contributed by atoms with Crippen LogP contribution in [0, 0.1) is 11.6 Å². The minimum Gasteiger partial charge on any atom is -0.482 e. The molecular weight excluding hydrogens is 488 g/mol. The minimum atomic E-state index is -0.914. The van der Waals surface area contributed by atoms with Gasteiger partial charge in [0.15, 0.2) is 11.6 Å². The van der Waals surface area contributed by atoms with Gasteiger partial charge >= 0.3 is 6.03 Å². The van der Waals surface area contributed by atoms with Crippen LogP contribution >= 0.6 is 11.6 Å². The molecule has 2 heterocycles. The van der Waals surface area contributed by atoms with Crippen LogP contribution in [0.3, 0.4) is 0 Å². The molecule has 0 bridgehead atoms. The first-order valence-corrected chi connectivity index (χ1v) is 12.1. The third-order valence-electron chi connectivity index (χ3n) is 6.06. The van der Waals surface area contributed by atoms with Gasteiger partial charge in [-0.15, -0.1) is 0 Å². The Morgan fingerprint density at radius 1 is 1.14 bits per heavy atom. The molecule has 190 valence electrons. The standard InChI is InChI=1S/C26H28ClF2N5O2/c1-16(23-20(28)8-9-21(29)24(23)27)36-22-14-18(15-32-25(22)30)17-4-6-19(7-5-17)33-26(35)31-10-13-34-11-2-3-12-34/h4-9,14-16H,2-3,10-13H2,1H3,(H2,30,32)(H2,31,33,35). The second-order valence-electron chi connectivity index (χ2n) is 8.63. The van der Waals surface area contributed by atoms with E-state index in [9.17, 15) is 13.6 Å². The zero-order valence-corrected chi connectivity index (χ0v) is 20.6. The molecule has 1 aliphatic rings. The maximum atomic E-state index is 14.3. The van der Waals surface area contributed by atoms with E-state index in [0.717, 1.165) is 37.3 Å². The van der Waals surface area contributed by atoms with Crippen LogP contribution in [0.25, 0.3) is 11.1 Å². The summed E-state index contributed by atoms with van der Waals surface area (Å²) in [7, 11) is 0. The van der Waals surface area contributed by atoms with E-state index in [1.807, 2.05) is 12.1 Å². The van der Waals surface area contributed by atoms with E-state index in [1.165, 1.54) is 12.8 Å². The quantitative estimate of drug-likeness (QED) is 0.339. The monoisotopic (exact) mass is 515 g/mol. The van der Waals surface area contributed by atoms with Crippen molar-refractivity contribution in [2.75, 3.05) is 37.2 Å². The number of ether oxygens (including phenoxy) is 1. The summed E-state index contributed by atoms with van der Waals surface area (Å²) in [6.45, 7) is 5.16. The summed E-state index contributed by atoms with van der Waals surface area (Å²) in [5.74, 6) is -1.11. The van der Waals surface area contributed by atoms with Gasteiger partial charge in [0.1, 0.15) is 17.7 Å². The Bertz CT molecular complexity index is 1220. The number of likely N-dealkylation sites (tertiary alicyclic amines) is 1. The number of nitrogens with zero attached hydrogens (tertiary/aromatic N) is 2. The van der Waals surface area contributed by atoms with E-state index in [-0.39, 0.29) is 28.2 Å². The molecular formula is C26H28ClF2N5O2. The summed E-state index contributed by atoms with van der Waals surface area (Å²) < 4.78 is 33.9. The molecule has 4 N–H and O–H groups in total. The molecule has 0 aliphatic carbocycles. The molecule has 0 saturated carbocycles. The van der Waals surface area contributed by atoms with Crippen LogP contribution in [0.4, 0.5) is 25.1 Å². The lowest BCUT2D eigenvalue weighted by Gasteiger charge is -2.19. The minimum absolute atomic E-state index is 0.0995. The van der Waals surface area contributed by atoms with Crippen molar-refractivity contribution < 1.29 is 18.3 Å². The van der Waals surface area contributed by atoms with Crippen molar-refractivity contribution in [2.45, 2.75) is 25.9 Å². The van der Waals surface area contributed by atoms with Crippen molar-refractivity contribution in [2.24, 2.45) is 0 Å². The molecule has 1 unspecified atom stereocenters. The highest BCUT2D eigenvalue weighted by molar-refractivity contribution is 6.31. The van der Waals surface area contributed by atoms with Gasteiger partial charge < -0.3 is 26.0 Å². The molecule has 1 fully saturated rings. The smallest absolute Gasteiger partial charge is 0.319 e. The van der Waals surface area contributed by atoms with Gasteiger partial charge in [-0.2, -0.15) is 0 Å². The van der Waals surface area contributed by atoms with Gasteiger partial charge in [-0.3, -0.25) is 0 Å². The fourth-order valence-electron chi connectivity index (χ4n) is 4.13. The number of rotatable bonds is 8. The molecule has 1 atom stereocenters. The van der Waals surface area contributed by atoms with E-state index in [4.69, 9.17) is 22.1 Å². The SMILES string of the molecule is CC(Oc1cc(-c2ccc(NC(=O)NCCN3CCCC3)cc2)cnc1N)c1c(F)ccc(F)c1Cl. The topological polar surface area (TPSA) is 92.5 Å². The van der Waals surface area contributed by atoms with Crippen molar-refractivity contribution in [3.05, 3.63) is 70.9 Å². The molecule has 3 aromatic rings. The zero-order valence-electron chi connectivity index (χ0n) is 19.9. The maximum absolute atomic E-state index is 14.3. The van der Waals surface area contributed by atoms with E-state index >= 15 is 0 Å². The third kappa shape index (κ3) is 6.22. The first-order valence-electron chi connectivity index (χ1n) is 11.7. The van der Waals surface area contributed by atoms with Crippen LogP contribution in [-0.4, -0.2) is 42.1 Å². The average Bonchev–Trinajstić information content (AvgIpc) is 3.37. The first kappa shape index (κ1) is 25.7. The zero-order chi connectivity index (χ0) is 25.7. The molecule has 1 saturated heterocycles. The fourth-order valence-corrected chi connectivity index (χ4v) is 4.43. The van der Waals surface area contributed by atoms with Crippen molar-refractivity contribution in [3.63, 3.8) is 0 Å². The number of amides is 2. The predicted molar refractivity (Wildman–Crippen MR) is 137 cm³/mol. The fraction of sp³-hybridized carbons (Fsp3) is 0.308. The first-order chi connectivity index (χ1) is 17.3. The van der Waals surface area contributed by atoms with Crippen molar-refractivity contribution in [1.82, 2.24) is 15.2 Å². The van der Waals surface area contributed by atoms with Gasteiger partial charge in [0, 0.05) is 36.1 Å². The normalized spacial score (nSPS) is 14.4. The number of pyridine rings is 1. The lowest BCUT2D eigenvalue weighted by Crippen LogP contribution is -2.35. The van der Waals surface area contributed by atoms with Crippen molar-refractivity contribution in [1.29, 1.82) is 0 Å². The summed E-state index contributed by atoms with van der Waals surface area (Å²) >= 11 is 5.96. The average molecular weight is 516 g/mol. The van der Waals surface area contributed by atoms with Crippen LogP contribution in [0.1, 0.15) is 31.4 Å². The number of hydrogen-bond donors (Lipinski definition) is 3. The van der Waals surface area contributed by atoms with Crippen LogP contribution in [0.5, 0.6) is 5.75 Å². The number of hydrogen-bond acceptors (Lipinski definition) is 5. The molecule has 1 aromatic heterocycles. The molecule has 36 heavy (non-hydrogen) atoms. The van der Waals surface area contributed by atoms with Gasteiger partial charge in [0.25, 0.3) is 0 Å². The Balaban J connectivity index is 1.39. The highest BCUT2D eigenvalue weighted by atomic mass is 35.5. The molecule has 1 aliphatic heterocycles.